The van der Waals surface area contributed by atoms with Gasteiger partial charge in [0, 0.05) is 17.7 Å². The number of hydrogen-bond acceptors (Lipinski definition) is 0. The lowest BCUT2D eigenvalue weighted by Crippen LogP contribution is -2.25. The van der Waals surface area contributed by atoms with Gasteiger partial charge in [-0.15, -0.1) is 0 Å². The first-order valence-corrected chi connectivity index (χ1v) is 5.13. The van der Waals surface area contributed by atoms with Crippen LogP contribution in [0.4, 0.5) is 4.39 Å². The molecule has 0 bridgehead atoms. The molecule has 0 aliphatic carbocycles. The summed E-state index contributed by atoms with van der Waals surface area (Å²) >= 11 is 0. The molecule has 0 saturated carbocycles. The minimum absolute atomic E-state index is 0.194. The molecule has 1 aromatic heterocycles. The van der Waals surface area contributed by atoms with E-state index in [0.717, 1.165) is 5.56 Å². The Morgan fingerprint density at radius 2 is 1.69 bits per heavy atom. The Morgan fingerprint density at radius 1 is 1.00 bits per heavy atom. The van der Waals surface area contributed by atoms with E-state index >= 15 is 0 Å². The summed E-state index contributed by atoms with van der Waals surface area (Å²) < 4.78 is 15.3. The molecule has 2 heteroatoms. The Hall–Kier alpha value is -1.96. The largest absolute Gasteiger partial charge is 0.208 e. The normalized spacial score (nSPS) is 10.9. The zero-order valence-corrected chi connectivity index (χ0v) is 9.10. The van der Waals surface area contributed by atoms with Crippen LogP contribution in [0.1, 0.15) is 11.1 Å². The highest BCUT2D eigenvalue weighted by Crippen LogP contribution is 2.10. The molecule has 0 aliphatic rings. The predicted octanol–water partition coefficient (Wildman–Crippen LogP) is 2.82. The number of hydrogen-bond donors (Lipinski definition) is 0. The number of pyridine rings is 1. The summed E-state index contributed by atoms with van der Waals surface area (Å²) in [4.78, 5) is 0. The third kappa shape index (κ3) is 2.54. The van der Waals surface area contributed by atoms with E-state index in [2.05, 4.69) is 0 Å². The van der Waals surface area contributed by atoms with Gasteiger partial charge in [0.2, 0.25) is 0 Å². The second-order valence-electron chi connectivity index (χ2n) is 3.65. The summed E-state index contributed by atoms with van der Waals surface area (Å²) in [6.45, 7) is 0. The molecular weight excluding hydrogens is 201 g/mol. The summed E-state index contributed by atoms with van der Waals surface area (Å²) in [5, 5.41) is 0. The SMILES string of the molecule is C[n+]1ccc(C=Cc2ccccc2F)cc1. The molecule has 0 N–H and O–H groups in total. The molecule has 80 valence electrons. The molecule has 1 nitrogen and oxygen atoms in total. The number of benzene rings is 1. The van der Waals surface area contributed by atoms with E-state index in [9.17, 15) is 4.39 Å². The van der Waals surface area contributed by atoms with E-state index in [-0.39, 0.29) is 5.82 Å². The van der Waals surface area contributed by atoms with E-state index in [1.807, 2.05) is 48.3 Å². The van der Waals surface area contributed by atoms with Crippen LogP contribution in [0.15, 0.2) is 48.8 Å². The molecule has 1 heterocycles. The van der Waals surface area contributed by atoms with Gasteiger partial charge in [0.05, 0.1) is 0 Å². The Bertz CT molecular complexity index is 500. The molecular formula is C14H13FN+. The fourth-order valence-corrected chi connectivity index (χ4v) is 1.42. The van der Waals surface area contributed by atoms with Crippen molar-refractivity contribution in [3.8, 4) is 0 Å². The Kier molecular flexibility index (Phi) is 3.10. The number of aromatic nitrogens is 1. The van der Waals surface area contributed by atoms with Crippen molar-refractivity contribution in [1.29, 1.82) is 0 Å². The summed E-state index contributed by atoms with van der Waals surface area (Å²) in [5.41, 5.74) is 1.66. The fraction of sp³-hybridized carbons (Fsp3) is 0.0714. The molecule has 0 unspecified atom stereocenters. The van der Waals surface area contributed by atoms with E-state index in [0.29, 0.717) is 5.56 Å². The monoisotopic (exact) mass is 214 g/mol. The van der Waals surface area contributed by atoms with Gasteiger partial charge in [-0.3, -0.25) is 0 Å². The van der Waals surface area contributed by atoms with E-state index < -0.39 is 0 Å². The van der Waals surface area contributed by atoms with Gasteiger partial charge in [-0.05, 0) is 11.6 Å². The lowest BCUT2D eigenvalue weighted by molar-refractivity contribution is -0.671. The highest BCUT2D eigenvalue weighted by molar-refractivity contribution is 5.69. The van der Waals surface area contributed by atoms with Crippen LogP contribution in [0.3, 0.4) is 0 Å². The Labute approximate surface area is 94.5 Å². The Morgan fingerprint density at radius 3 is 2.38 bits per heavy atom. The minimum Gasteiger partial charge on any atom is -0.208 e. The number of rotatable bonds is 2. The highest BCUT2D eigenvalue weighted by atomic mass is 19.1. The fourth-order valence-electron chi connectivity index (χ4n) is 1.42. The van der Waals surface area contributed by atoms with Crippen LogP contribution in [0.5, 0.6) is 0 Å². The summed E-state index contributed by atoms with van der Waals surface area (Å²) in [5.74, 6) is -0.194. The third-order valence-corrected chi connectivity index (χ3v) is 2.36. The number of halogens is 1. The van der Waals surface area contributed by atoms with E-state index in [1.54, 1.807) is 18.2 Å². The zero-order chi connectivity index (χ0) is 11.4. The van der Waals surface area contributed by atoms with Crippen molar-refractivity contribution in [3.63, 3.8) is 0 Å². The van der Waals surface area contributed by atoms with Crippen LogP contribution in [-0.2, 0) is 7.05 Å². The van der Waals surface area contributed by atoms with Crippen molar-refractivity contribution < 1.29 is 8.96 Å². The first-order valence-electron chi connectivity index (χ1n) is 5.13. The van der Waals surface area contributed by atoms with Gasteiger partial charge in [0.25, 0.3) is 0 Å². The maximum Gasteiger partial charge on any atom is 0.169 e. The molecule has 0 atom stereocenters. The van der Waals surface area contributed by atoms with Crippen LogP contribution in [0, 0.1) is 5.82 Å². The van der Waals surface area contributed by atoms with Crippen molar-refractivity contribution in [3.05, 3.63) is 65.7 Å². The maximum atomic E-state index is 13.3. The topological polar surface area (TPSA) is 3.88 Å². The molecule has 2 rings (SSSR count). The molecule has 0 radical (unpaired) electrons. The maximum absolute atomic E-state index is 13.3. The quantitative estimate of drug-likeness (QED) is 0.677. The summed E-state index contributed by atoms with van der Waals surface area (Å²) in [6, 6.07) is 10.7. The van der Waals surface area contributed by atoms with Crippen molar-refractivity contribution >= 4 is 12.2 Å². The smallest absolute Gasteiger partial charge is 0.169 e. The first kappa shape index (κ1) is 10.6. The van der Waals surface area contributed by atoms with Gasteiger partial charge in [0.1, 0.15) is 12.9 Å². The Balaban J connectivity index is 2.21. The van der Waals surface area contributed by atoms with Crippen molar-refractivity contribution in [2.45, 2.75) is 0 Å². The van der Waals surface area contributed by atoms with Gasteiger partial charge < -0.3 is 0 Å². The molecule has 0 aliphatic heterocycles. The lowest BCUT2D eigenvalue weighted by Gasteiger charge is -1.95. The van der Waals surface area contributed by atoms with Crippen molar-refractivity contribution in [2.24, 2.45) is 7.05 Å². The van der Waals surface area contributed by atoms with Crippen LogP contribution in [0.2, 0.25) is 0 Å². The number of nitrogens with zero attached hydrogens (tertiary/aromatic N) is 1. The van der Waals surface area contributed by atoms with Gasteiger partial charge in [-0.25, -0.2) is 8.96 Å². The average molecular weight is 214 g/mol. The van der Waals surface area contributed by atoms with E-state index in [4.69, 9.17) is 0 Å². The lowest BCUT2D eigenvalue weighted by atomic mass is 10.1. The van der Waals surface area contributed by atoms with Gasteiger partial charge in [0.15, 0.2) is 12.4 Å². The van der Waals surface area contributed by atoms with Gasteiger partial charge in [-0.2, -0.15) is 0 Å². The second-order valence-corrected chi connectivity index (χ2v) is 3.65. The van der Waals surface area contributed by atoms with E-state index in [1.165, 1.54) is 6.07 Å². The van der Waals surface area contributed by atoms with Crippen LogP contribution < -0.4 is 4.57 Å². The van der Waals surface area contributed by atoms with Crippen molar-refractivity contribution in [1.82, 2.24) is 0 Å². The first-order chi connectivity index (χ1) is 7.75. The average Bonchev–Trinajstić information content (AvgIpc) is 2.30. The molecule has 0 fully saturated rings. The van der Waals surface area contributed by atoms with Gasteiger partial charge in [-0.1, -0.05) is 30.4 Å². The molecule has 0 spiro atoms. The van der Waals surface area contributed by atoms with Gasteiger partial charge >= 0.3 is 0 Å². The van der Waals surface area contributed by atoms with Crippen LogP contribution >= 0.6 is 0 Å². The number of aryl methyl sites for hydroxylation is 1. The summed E-state index contributed by atoms with van der Waals surface area (Å²) in [7, 11) is 1.96. The standard InChI is InChI=1S/C14H13FN/c1-16-10-8-12(9-11-16)6-7-13-4-2-3-5-14(13)15/h2-11H,1H3/q+1. The third-order valence-electron chi connectivity index (χ3n) is 2.36. The zero-order valence-electron chi connectivity index (χ0n) is 9.10. The predicted molar refractivity (Wildman–Crippen MR) is 62.9 cm³/mol. The molecule has 1 aromatic carbocycles. The minimum atomic E-state index is -0.194. The molecule has 0 amide bonds. The highest BCUT2D eigenvalue weighted by Gasteiger charge is 1.96. The molecule has 2 aromatic rings. The molecule has 16 heavy (non-hydrogen) atoms. The van der Waals surface area contributed by atoms with Crippen molar-refractivity contribution in [2.75, 3.05) is 0 Å². The summed E-state index contributed by atoms with van der Waals surface area (Å²) in [6.07, 6.45) is 7.60. The molecule has 0 saturated heterocycles. The van der Waals surface area contributed by atoms with Crippen LogP contribution in [0.25, 0.3) is 12.2 Å². The second kappa shape index (κ2) is 4.71. The van der Waals surface area contributed by atoms with Crippen LogP contribution in [-0.4, -0.2) is 0 Å².